The van der Waals surface area contributed by atoms with Crippen molar-refractivity contribution < 1.29 is 8.78 Å². The van der Waals surface area contributed by atoms with E-state index >= 15 is 0 Å². The molecule has 3 nitrogen and oxygen atoms in total. The molecule has 0 aliphatic carbocycles. The van der Waals surface area contributed by atoms with Crippen molar-refractivity contribution in [2.75, 3.05) is 26.2 Å². The van der Waals surface area contributed by atoms with Crippen LogP contribution in [-0.2, 0) is 13.1 Å². The van der Waals surface area contributed by atoms with Crippen LogP contribution in [0.15, 0.2) is 41.1 Å². The van der Waals surface area contributed by atoms with Gasteiger partial charge in [0.25, 0.3) is 0 Å². The molecule has 1 fully saturated rings. The summed E-state index contributed by atoms with van der Waals surface area (Å²) < 4.78 is 27.7. The van der Waals surface area contributed by atoms with E-state index in [1.807, 2.05) is 12.1 Å². The molecule has 0 amide bonds. The topological polar surface area (TPSA) is 19.4 Å². The Balaban J connectivity index is 1.53. The second kappa shape index (κ2) is 7.47. The molecule has 1 aliphatic rings. The van der Waals surface area contributed by atoms with E-state index in [2.05, 4.69) is 30.7 Å². The lowest BCUT2D eigenvalue weighted by Crippen LogP contribution is -2.45. The molecule has 2 aromatic rings. The molecule has 3 rings (SSSR count). The van der Waals surface area contributed by atoms with Crippen molar-refractivity contribution in [3.8, 4) is 0 Å². The summed E-state index contributed by atoms with van der Waals surface area (Å²) in [6, 6.07) is 6.92. The highest BCUT2D eigenvalue weighted by molar-refractivity contribution is 9.10. The van der Waals surface area contributed by atoms with Crippen molar-refractivity contribution in [1.82, 2.24) is 14.8 Å². The Labute approximate surface area is 143 Å². The van der Waals surface area contributed by atoms with Gasteiger partial charge in [-0.25, -0.2) is 8.78 Å². The van der Waals surface area contributed by atoms with Gasteiger partial charge in [-0.05, 0) is 33.6 Å². The molecule has 0 N–H and O–H groups in total. The zero-order valence-corrected chi connectivity index (χ0v) is 14.3. The average molecular weight is 382 g/mol. The lowest BCUT2D eigenvalue weighted by atomic mass is 10.1. The molecule has 1 aromatic carbocycles. The van der Waals surface area contributed by atoms with E-state index in [1.165, 1.54) is 12.3 Å². The Hall–Kier alpha value is -1.37. The SMILES string of the molecule is Fc1cncc(CN2CCN(Cc3cccc(Br)c3F)CC2)c1. The van der Waals surface area contributed by atoms with Crippen LogP contribution >= 0.6 is 15.9 Å². The van der Waals surface area contributed by atoms with Crippen LogP contribution in [0.1, 0.15) is 11.1 Å². The second-order valence-electron chi connectivity index (χ2n) is 5.78. The Morgan fingerprint density at radius 3 is 2.39 bits per heavy atom. The molecule has 0 saturated carbocycles. The van der Waals surface area contributed by atoms with Crippen molar-refractivity contribution in [2.24, 2.45) is 0 Å². The summed E-state index contributed by atoms with van der Waals surface area (Å²) in [6.07, 6.45) is 2.92. The Kier molecular flexibility index (Phi) is 5.35. The predicted octanol–water partition coefficient (Wildman–Crippen LogP) is 3.44. The third-order valence-electron chi connectivity index (χ3n) is 4.06. The molecule has 122 valence electrons. The molecule has 23 heavy (non-hydrogen) atoms. The molecular formula is C17H18BrF2N3. The molecule has 0 radical (unpaired) electrons. The van der Waals surface area contributed by atoms with E-state index in [0.717, 1.165) is 31.7 Å². The molecular weight excluding hydrogens is 364 g/mol. The van der Waals surface area contributed by atoms with Crippen LogP contribution in [0.4, 0.5) is 8.78 Å². The number of benzene rings is 1. The summed E-state index contributed by atoms with van der Waals surface area (Å²) in [6.45, 7) is 4.81. The highest BCUT2D eigenvalue weighted by Crippen LogP contribution is 2.20. The number of halogens is 3. The Morgan fingerprint density at radius 1 is 1.00 bits per heavy atom. The van der Waals surface area contributed by atoms with Crippen molar-refractivity contribution in [1.29, 1.82) is 0 Å². The van der Waals surface area contributed by atoms with E-state index in [9.17, 15) is 8.78 Å². The van der Waals surface area contributed by atoms with Gasteiger partial charge in [0.1, 0.15) is 11.6 Å². The number of hydrogen-bond donors (Lipinski definition) is 0. The quantitative estimate of drug-likeness (QED) is 0.808. The predicted molar refractivity (Wildman–Crippen MR) is 88.8 cm³/mol. The minimum atomic E-state index is -0.300. The molecule has 0 spiro atoms. The van der Waals surface area contributed by atoms with Gasteiger partial charge in [0.15, 0.2) is 0 Å². The van der Waals surface area contributed by atoms with E-state index in [-0.39, 0.29) is 11.6 Å². The van der Waals surface area contributed by atoms with Crippen LogP contribution in [0.5, 0.6) is 0 Å². The number of piperazine rings is 1. The molecule has 1 aliphatic heterocycles. The van der Waals surface area contributed by atoms with Crippen molar-refractivity contribution >= 4 is 15.9 Å². The molecule has 0 bridgehead atoms. The molecule has 1 saturated heterocycles. The van der Waals surface area contributed by atoms with Gasteiger partial charge in [0, 0.05) is 51.0 Å². The fourth-order valence-electron chi connectivity index (χ4n) is 2.82. The lowest BCUT2D eigenvalue weighted by molar-refractivity contribution is 0.121. The summed E-state index contributed by atoms with van der Waals surface area (Å²) >= 11 is 3.23. The summed E-state index contributed by atoms with van der Waals surface area (Å²) in [5.74, 6) is -0.480. The smallest absolute Gasteiger partial charge is 0.141 e. The van der Waals surface area contributed by atoms with Gasteiger partial charge in [-0.3, -0.25) is 14.8 Å². The summed E-state index contributed by atoms with van der Waals surface area (Å²) in [4.78, 5) is 8.39. The van der Waals surface area contributed by atoms with E-state index in [4.69, 9.17) is 0 Å². The summed E-state index contributed by atoms with van der Waals surface area (Å²) in [7, 11) is 0. The van der Waals surface area contributed by atoms with Gasteiger partial charge < -0.3 is 0 Å². The lowest BCUT2D eigenvalue weighted by Gasteiger charge is -2.34. The number of pyridine rings is 1. The van der Waals surface area contributed by atoms with Gasteiger partial charge in [-0.1, -0.05) is 12.1 Å². The molecule has 0 unspecified atom stereocenters. The van der Waals surface area contributed by atoms with Crippen molar-refractivity contribution in [2.45, 2.75) is 13.1 Å². The zero-order valence-electron chi connectivity index (χ0n) is 12.7. The Morgan fingerprint density at radius 2 is 1.70 bits per heavy atom. The van der Waals surface area contributed by atoms with Gasteiger partial charge in [-0.2, -0.15) is 0 Å². The monoisotopic (exact) mass is 381 g/mol. The second-order valence-corrected chi connectivity index (χ2v) is 6.63. The van der Waals surface area contributed by atoms with Crippen LogP contribution in [-0.4, -0.2) is 41.0 Å². The first-order valence-electron chi connectivity index (χ1n) is 7.59. The maximum absolute atomic E-state index is 14.0. The minimum Gasteiger partial charge on any atom is -0.296 e. The summed E-state index contributed by atoms with van der Waals surface area (Å²) in [5, 5.41) is 0. The van der Waals surface area contributed by atoms with Crippen LogP contribution in [0, 0.1) is 11.6 Å². The summed E-state index contributed by atoms with van der Waals surface area (Å²) in [5.41, 5.74) is 1.60. The fraction of sp³-hybridized carbons (Fsp3) is 0.353. The fourth-order valence-corrected chi connectivity index (χ4v) is 3.22. The van der Waals surface area contributed by atoms with E-state index < -0.39 is 0 Å². The maximum Gasteiger partial charge on any atom is 0.141 e. The molecule has 0 atom stereocenters. The molecule has 6 heteroatoms. The largest absolute Gasteiger partial charge is 0.296 e. The van der Waals surface area contributed by atoms with E-state index in [0.29, 0.717) is 23.1 Å². The molecule has 2 heterocycles. The van der Waals surface area contributed by atoms with Crippen molar-refractivity contribution in [3.63, 3.8) is 0 Å². The van der Waals surface area contributed by atoms with Crippen molar-refractivity contribution in [3.05, 3.63) is 63.9 Å². The number of hydrogen-bond acceptors (Lipinski definition) is 3. The third-order valence-corrected chi connectivity index (χ3v) is 4.67. The Bertz CT molecular complexity index is 673. The van der Waals surface area contributed by atoms with Gasteiger partial charge >= 0.3 is 0 Å². The first kappa shape index (κ1) is 16.5. The highest BCUT2D eigenvalue weighted by atomic mass is 79.9. The maximum atomic E-state index is 14.0. The zero-order chi connectivity index (χ0) is 16.2. The first-order valence-corrected chi connectivity index (χ1v) is 8.38. The van der Waals surface area contributed by atoms with Crippen LogP contribution in [0.3, 0.4) is 0 Å². The van der Waals surface area contributed by atoms with Crippen LogP contribution < -0.4 is 0 Å². The van der Waals surface area contributed by atoms with E-state index in [1.54, 1.807) is 12.3 Å². The minimum absolute atomic E-state index is 0.180. The van der Waals surface area contributed by atoms with Gasteiger partial charge in [0.2, 0.25) is 0 Å². The standard InChI is InChI=1S/C17H18BrF2N3/c18-16-3-1-2-14(17(16)20)12-23-6-4-22(5-7-23)11-13-8-15(19)10-21-9-13/h1-3,8-10H,4-7,11-12H2. The highest BCUT2D eigenvalue weighted by Gasteiger charge is 2.18. The van der Waals surface area contributed by atoms with Gasteiger partial charge in [-0.15, -0.1) is 0 Å². The number of rotatable bonds is 4. The average Bonchev–Trinajstić information content (AvgIpc) is 2.54. The third kappa shape index (κ3) is 4.34. The number of aromatic nitrogens is 1. The van der Waals surface area contributed by atoms with Crippen LogP contribution in [0.2, 0.25) is 0 Å². The first-order chi connectivity index (χ1) is 11.1. The van der Waals surface area contributed by atoms with Gasteiger partial charge in [0.05, 0.1) is 10.7 Å². The number of nitrogens with zero attached hydrogens (tertiary/aromatic N) is 3. The molecule has 1 aromatic heterocycles. The van der Waals surface area contributed by atoms with Crippen LogP contribution in [0.25, 0.3) is 0 Å². The normalized spacial score (nSPS) is 16.7.